The molecule has 0 radical (unpaired) electrons. The molecule has 0 unspecified atom stereocenters. The standard InChI is InChI=1S/C16H21N3OS/c1-11-10-13(19(17-11)12-6-4-5-7-12)14-8-9-15(21-14)16(20)18(2)3/h8-10,12H,4-7H2,1-3H3. The van der Waals surface area contributed by atoms with E-state index >= 15 is 0 Å². The van der Waals surface area contributed by atoms with Crippen LogP contribution >= 0.6 is 11.3 Å². The molecular formula is C16H21N3OS. The zero-order chi connectivity index (χ0) is 15.0. The molecule has 0 aromatic carbocycles. The number of hydrogen-bond donors (Lipinski definition) is 0. The van der Waals surface area contributed by atoms with Gasteiger partial charge in [-0.1, -0.05) is 12.8 Å². The summed E-state index contributed by atoms with van der Waals surface area (Å²) < 4.78 is 2.18. The van der Waals surface area contributed by atoms with E-state index in [2.05, 4.69) is 15.8 Å². The van der Waals surface area contributed by atoms with Crippen LogP contribution in [-0.2, 0) is 0 Å². The molecule has 21 heavy (non-hydrogen) atoms. The Labute approximate surface area is 129 Å². The summed E-state index contributed by atoms with van der Waals surface area (Å²) in [6, 6.07) is 6.62. The first-order valence-electron chi connectivity index (χ1n) is 7.44. The van der Waals surface area contributed by atoms with Gasteiger partial charge in [0.2, 0.25) is 0 Å². The van der Waals surface area contributed by atoms with E-state index in [4.69, 9.17) is 0 Å². The minimum absolute atomic E-state index is 0.0647. The molecule has 0 bridgehead atoms. The molecule has 5 heteroatoms. The molecule has 0 saturated heterocycles. The summed E-state index contributed by atoms with van der Waals surface area (Å²) in [5, 5.41) is 4.69. The molecule has 1 amide bonds. The normalized spacial score (nSPS) is 15.6. The van der Waals surface area contributed by atoms with Crippen molar-refractivity contribution >= 4 is 17.2 Å². The first-order valence-corrected chi connectivity index (χ1v) is 8.26. The number of nitrogens with zero attached hydrogens (tertiary/aromatic N) is 3. The zero-order valence-corrected chi connectivity index (χ0v) is 13.6. The van der Waals surface area contributed by atoms with Gasteiger partial charge in [-0.3, -0.25) is 9.48 Å². The quantitative estimate of drug-likeness (QED) is 0.866. The zero-order valence-electron chi connectivity index (χ0n) is 12.8. The smallest absolute Gasteiger partial charge is 0.263 e. The number of amides is 1. The fraction of sp³-hybridized carbons (Fsp3) is 0.500. The maximum Gasteiger partial charge on any atom is 0.263 e. The topological polar surface area (TPSA) is 38.1 Å². The first kappa shape index (κ1) is 14.3. The molecule has 1 fully saturated rings. The van der Waals surface area contributed by atoms with E-state index in [-0.39, 0.29) is 5.91 Å². The maximum absolute atomic E-state index is 12.0. The molecule has 2 heterocycles. The van der Waals surface area contributed by atoms with Gasteiger partial charge in [0.25, 0.3) is 5.91 Å². The van der Waals surface area contributed by atoms with E-state index in [1.165, 1.54) is 25.7 Å². The van der Waals surface area contributed by atoms with Gasteiger partial charge in [0.1, 0.15) is 0 Å². The van der Waals surface area contributed by atoms with Crippen molar-refractivity contribution in [2.45, 2.75) is 38.6 Å². The van der Waals surface area contributed by atoms with Gasteiger partial charge in [0.05, 0.1) is 27.2 Å². The lowest BCUT2D eigenvalue weighted by molar-refractivity contribution is 0.0832. The van der Waals surface area contributed by atoms with Crippen molar-refractivity contribution in [1.29, 1.82) is 0 Å². The van der Waals surface area contributed by atoms with Crippen LogP contribution in [0.15, 0.2) is 18.2 Å². The van der Waals surface area contributed by atoms with Gasteiger partial charge in [-0.15, -0.1) is 11.3 Å². The lowest BCUT2D eigenvalue weighted by atomic mass is 10.2. The van der Waals surface area contributed by atoms with E-state index in [1.807, 2.05) is 19.1 Å². The van der Waals surface area contributed by atoms with Crippen LogP contribution in [0.1, 0.15) is 47.1 Å². The fourth-order valence-electron chi connectivity index (χ4n) is 2.94. The molecule has 1 aliphatic carbocycles. The number of aromatic nitrogens is 2. The van der Waals surface area contributed by atoms with Crippen molar-refractivity contribution in [3.05, 3.63) is 28.8 Å². The van der Waals surface area contributed by atoms with Gasteiger partial charge in [0, 0.05) is 14.1 Å². The highest BCUT2D eigenvalue weighted by Crippen LogP contribution is 2.36. The average molecular weight is 303 g/mol. The van der Waals surface area contributed by atoms with Gasteiger partial charge < -0.3 is 4.90 Å². The van der Waals surface area contributed by atoms with Gasteiger partial charge in [-0.25, -0.2) is 0 Å². The molecule has 0 aliphatic heterocycles. The van der Waals surface area contributed by atoms with E-state index in [0.717, 1.165) is 21.1 Å². The first-order chi connectivity index (χ1) is 10.1. The van der Waals surface area contributed by atoms with Crippen LogP contribution in [-0.4, -0.2) is 34.7 Å². The molecule has 4 nitrogen and oxygen atoms in total. The molecule has 0 spiro atoms. The van der Waals surface area contributed by atoms with E-state index in [1.54, 1.807) is 30.3 Å². The number of carbonyl (C=O) groups is 1. The predicted octanol–water partition coefficient (Wildman–Crippen LogP) is 3.74. The van der Waals surface area contributed by atoms with Crippen LogP contribution in [0.5, 0.6) is 0 Å². The summed E-state index contributed by atoms with van der Waals surface area (Å²) in [6.07, 6.45) is 5.00. The molecule has 2 aromatic heterocycles. The molecule has 0 N–H and O–H groups in total. The molecule has 2 aromatic rings. The van der Waals surface area contributed by atoms with Crippen molar-refractivity contribution in [1.82, 2.24) is 14.7 Å². The summed E-state index contributed by atoms with van der Waals surface area (Å²) >= 11 is 1.56. The summed E-state index contributed by atoms with van der Waals surface area (Å²) in [6.45, 7) is 2.04. The van der Waals surface area contributed by atoms with Gasteiger partial charge in [-0.2, -0.15) is 5.10 Å². The maximum atomic E-state index is 12.0. The number of aryl methyl sites for hydroxylation is 1. The largest absolute Gasteiger partial charge is 0.344 e. The van der Waals surface area contributed by atoms with Gasteiger partial charge in [0.15, 0.2) is 0 Å². The minimum Gasteiger partial charge on any atom is -0.344 e. The Morgan fingerprint density at radius 2 is 2.05 bits per heavy atom. The summed E-state index contributed by atoms with van der Waals surface area (Å²) in [5.41, 5.74) is 2.20. The second kappa shape index (κ2) is 5.64. The van der Waals surface area contributed by atoms with Crippen molar-refractivity contribution in [3.63, 3.8) is 0 Å². The third-order valence-corrected chi connectivity index (χ3v) is 5.10. The Morgan fingerprint density at radius 1 is 1.33 bits per heavy atom. The number of thiophene rings is 1. The highest BCUT2D eigenvalue weighted by Gasteiger charge is 2.22. The number of hydrogen-bond acceptors (Lipinski definition) is 3. The Bertz CT molecular complexity index is 650. The third-order valence-electron chi connectivity index (χ3n) is 4.00. The molecule has 1 saturated carbocycles. The Hall–Kier alpha value is -1.62. The Morgan fingerprint density at radius 3 is 2.71 bits per heavy atom. The lowest BCUT2D eigenvalue weighted by Crippen LogP contribution is -2.20. The van der Waals surface area contributed by atoms with Gasteiger partial charge in [-0.05, 0) is 38.0 Å². The molecule has 0 atom stereocenters. The van der Waals surface area contributed by atoms with Gasteiger partial charge >= 0.3 is 0 Å². The number of carbonyl (C=O) groups excluding carboxylic acids is 1. The SMILES string of the molecule is Cc1cc(-c2ccc(C(=O)N(C)C)s2)n(C2CCCC2)n1. The van der Waals surface area contributed by atoms with E-state index in [9.17, 15) is 4.79 Å². The summed E-state index contributed by atoms with van der Waals surface area (Å²) in [7, 11) is 3.57. The summed E-state index contributed by atoms with van der Waals surface area (Å²) in [4.78, 5) is 15.6. The van der Waals surface area contributed by atoms with E-state index < -0.39 is 0 Å². The Kier molecular flexibility index (Phi) is 3.85. The molecular weight excluding hydrogens is 282 g/mol. The van der Waals surface area contributed by atoms with Crippen molar-refractivity contribution < 1.29 is 4.79 Å². The van der Waals surface area contributed by atoms with Crippen LogP contribution in [0, 0.1) is 6.92 Å². The van der Waals surface area contributed by atoms with Crippen LogP contribution in [0.2, 0.25) is 0 Å². The molecule has 112 valence electrons. The molecule has 3 rings (SSSR count). The Balaban J connectivity index is 1.95. The highest BCUT2D eigenvalue weighted by molar-refractivity contribution is 7.17. The highest BCUT2D eigenvalue weighted by atomic mass is 32.1. The minimum atomic E-state index is 0.0647. The number of rotatable bonds is 3. The monoisotopic (exact) mass is 303 g/mol. The van der Waals surface area contributed by atoms with Crippen LogP contribution in [0.4, 0.5) is 0 Å². The van der Waals surface area contributed by atoms with Crippen molar-refractivity contribution in [2.75, 3.05) is 14.1 Å². The second-order valence-corrected chi connectivity index (χ2v) is 7.00. The third kappa shape index (κ3) is 2.75. The average Bonchev–Trinajstić information content (AvgIpc) is 3.16. The van der Waals surface area contributed by atoms with Crippen LogP contribution in [0.3, 0.4) is 0 Å². The molecule has 1 aliphatic rings. The van der Waals surface area contributed by atoms with Crippen LogP contribution < -0.4 is 0 Å². The second-order valence-electron chi connectivity index (χ2n) is 5.92. The fourth-order valence-corrected chi connectivity index (χ4v) is 3.97. The summed E-state index contributed by atoms with van der Waals surface area (Å²) in [5.74, 6) is 0.0647. The van der Waals surface area contributed by atoms with Crippen molar-refractivity contribution in [2.24, 2.45) is 0 Å². The lowest BCUT2D eigenvalue weighted by Gasteiger charge is -2.13. The van der Waals surface area contributed by atoms with E-state index in [0.29, 0.717) is 6.04 Å². The van der Waals surface area contributed by atoms with Crippen molar-refractivity contribution in [3.8, 4) is 10.6 Å². The predicted molar refractivity (Wildman–Crippen MR) is 85.8 cm³/mol. The van der Waals surface area contributed by atoms with Crippen LogP contribution in [0.25, 0.3) is 10.6 Å².